The van der Waals surface area contributed by atoms with Gasteiger partial charge in [0.15, 0.2) is 12.3 Å². The summed E-state index contributed by atoms with van der Waals surface area (Å²) in [6.07, 6.45) is 3.08. The van der Waals surface area contributed by atoms with E-state index in [2.05, 4.69) is 32.6 Å². The van der Waals surface area contributed by atoms with Crippen molar-refractivity contribution in [3.63, 3.8) is 0 Å². The molecule has 7 nitrogen and oxygen atoms in total. The van der Waals surface area contributed by atoms with Crippen LogP contribution in [0.5, 0.6) is 0 Å². The third-order valence-corrected chi connectivity index (χ3v) is 5.71. The van der Waals surface area contributed by atoms with Gasteiger partial charge in [0, 0.05) is 30.1 Å². The summed E-state index contributed by atoms with van der Waals surface area (Å²) in [5.41, 5.74) is 1.74. The van der Waals surface area contributed by atoms with E-state index in [0.29, 0.717) is 18.7 Å². The number of carbonyl (C=O) groups is 2. The first-order valence-electron chi connectivity index (χ1n) is 8.48. The van der Waals surface area contributed by atoms with Gasteiger partial charge in [-0.3, -0.25) is 9.48 Å². The summed E-state index contributed by atoms with van der Waals surface area (Å²) >= 11 is 4.96. The van der Waals surface area contributed by atoms with Gasteiger partial charge in [0.05, 0.1) is 21.6 Å². The topological polar surface area (TPSA) is 77.3 Å². The highest BCUT2D eigenvalue weighted by Gasteiger charge is 2.18. The average molecular weight is 463 g/mol. The van der Waals surface area contributed by atoms with Crippen molar-refractivity contribution < 1.29 is 14.3 Å². The van der Waals surface area contributed by atoms with E-state index >= 15 is 0 Å². The number of rotatable bonds is 7. The van der Waals surface area contributed by atoms with Crippen LogP contribution < -0.4 is 0 Å². The Morgan fingerprint density at radius 3 is 2.89 bits per heavy atom. The molecule has 3 aromatic heterocycles. The zero-order valence-corrected chi connectivity index (χ0v) is 17.9. The molecule has 0 spiro atoms. The summed E-state index contributed by atoms with van der Waals surface area (Å²) in [5, 5.41) is 5.06. The second kappa shape index (κ2) is 8.66. The van der Waals surface area contributed by atoms with Crippen LogP contribution in [0.3, 0.4) is 0 Å². The van der Waals surface area contributed by atoms with Gasteiger partial charge in [-0.05, 0) is 41.1 Å². The third-order valence-electron chi connectivity index (χ3n) is 4.10. The fraction of sp³-hybridized carbons (Fsp3) is 0.263. The van der Waals surface area contributed by atoms with Gasteiger partial charge in [-0.2, -0.15) is 5.10 Å². The predicted octanol–water partition coefficient (Wildman–Crippen LogP) is 3.47. The van der Waals surface area contributed by atoms with Crippen LogP contribution in [-0.2, 0) is 23.1 Å². The van der Waals surface area contributed by atoms with E-state index in [1.165, 1.54) is 6.20 Å². The molecule has 28 heavy (non-hydrogen) atoms. The molecule has 3 rings (SSSR count). The second-order valence-corrected chi connectivity index (χ2v) is 8.70. The highest BCUT2D eigenvalue weighted by atomic mass is 79.9. The summed E-state index contributed by atoms with van der Waals surface area (Å²) in [6.45, 7) is 5.99. The number of pyridine rings is 1. The molecule has 146 valence electrons. The SMILES string of the molecule is C=CCN(Cc1ccc(Br)s1)C(=O)COC(=O)c1cnc2c(c1)c(C)nn2C. The molecule has 3 heterocycles. The molecule has 0 N–H and O–H groups in total. The van der Waals surface area contributed by atoms with Gasteiger partial charge >= 0.3 is 5.97 Å². The van der Waals surface area contributed by atoms with Gasteiger partial charge in [0.1, 0.15) is 0 Å². The van der Waals surface area contributed by atoms with Crippen LogP contribution in [0.1, 0.15) is 20.9 Å². The van der Waals surface area contributed by atoms with Crippen LogP contribution in [0.4, 0.5) is 0 Å². The number of hydrogen-bond donors (Lipinski definition) is 0. The minimum Gasteiger partial charge on any atom is -0.452 e. The van der Waals surface area contributed by atoms with E-state index in [4.69, 9.17) is 4.74 Å². The Balaban J connectivity index is 1.65. The minimum atomic E-state index is -0.594. The fourth-order valence-electron chi connectivity index (χ4n) is 2.76. The predicted molar refractivity (Wildman–Crippen MR) is 111 cm³/mol. The quantitative estimate of drug-likeness (QED) is 0.396. The molecule has 0 aliphatic heterocycles. The molecule has 0 bridgehead atoms. The zero-order chi connectivity index (χ0) is 20.3. The number of fused-ring (bicyclic) bond motifs is 1. The van der Waals surface area contributed by atoms with Crippen molar-refractivity contribution in [2.45, 2.75) is 13.5 Å². The third kappa shape index (κ3) is 4.48. The van der Waals surface area contributed by atoms with Crippen LogP contribution in [0.25, 0.3) is 11.0 Å². The Morgan fingerprint density at radius 2 is 2.21 bits per heavy atom. The lowest BCUT2D eigenvalue weighted by Gasteiger charge is -2.20. The number of amides is 1. The summed E-state index contributed by atoms with van der Waals surface area (Å²) in [7, 11) is 1.79. The summed E-state index contributed by atoms with van der Waals surface area (Å²) < 4.78 is 7.86. The Labute approximate surface area is 174 Å². The maximum atomic E-state index is 12.5. The molecular weight excluding hydrogens is 444 g/mol. The molecule has 0 atom stereocenters. The van der Waals surface area contributed by atoms with Crippen LogP contribution >= 0.6 is 27.3 Å². The van der Waals surface area contributed by atoms with Crippen molar-refractivity contribution in [3.05, 3.63) is 57.0 Å². The largest absolute Gasteiger partial charge is 0.452 e. The standard InChI is InChI=1S/C19H19BrN4O3S/c1-4-7-24(10-14-5-6-16(20)28-14)17(25)11-27-19(26)13-8-15-12(2)22-23(3)18(15)21-9-13/h4-6,8-9H,1,7,10-11H2,2-3H3. The number of esters is 1. The highest BCUT2D eigenvalue weighted by molar-refractivity contribution is 9.11. The smallest absolute Gasteiger partial charge is 0.340 e. The number of aromatic nitrogens is 3. The molecule has 0 radical (unpaired) electrons. The number of aryl methyl sites for hydroxylation is 2. The van der Waals surface area contributed by atoms with Gasteiger partial charge < -0.3 is 9.64 Å². The first-order chi connectivity index (χ1) is 13.4. The molecule has 0 unspecified atom stereocenters. The maximum absolute atomic E-state index is 12.5. The molecule has 0 saturated carbocycles. The van der Waals surface area contributed by atoms with Gasteiger partial charge in [-0.25, -0.2) is 9.78 Å². The van der Waals surface area contributed by atoms with Crippen LogP contribution in [-0.4, -0.2) is 44.7 Å². The van der Waals surface area contributed by atoms with Crippen LogP contribution in [0.2, 0.25) is 0 Å². The molecule has 3 aromatic rings. The van der Waals surface area contributed by atoms with Crippen molar-refractivity contribution in [2.24, 2.45) is 7.05 Å². The van der Waals surface area contributed by atoms with E-state index < -0.39 is 5.97 Å². The lowest BCUT2D eigenvalue weighted by molar-refractivity contribution is -0.134. The number of halogens is 1. The number of carbonyl (C=O) groups excluding carboxylic acids is 2. The van der Waals surface area contributed by atoms with Crippen molar-refractivity contribution >= 4 is 50.2 Å². The Bertz CT molecular complexity index is 1040. The summed E-state index contributed by atoms with van der Waals surface area (Å²) in [6, 6.07) is 5.56. The first kappa shape index (κ1) is 20.2. The average Bonchev–Trinajstić information content (AvgIpc) is 3.21. The molecule has 1 amide bonds. The summed E-state index contributed by atoms with van der Waals surface area (Å²) in [4.78, 5) is 31.8. The Morgan fingerprint density at radius 1 is 1.43 bits per heavy atom. The molecular formula is C19H19BrN4O3S. The first-order valence-corrected chi connectivity index (χ1v) is 10.1. The highest BCUT2D eigenvalue weighted by Crippen LogP contribution is 2.23. The van der Waals surface area contributed by atoms with Crippen LogP contribution in [0.15, 0.2) is 40.8 Å². The summed E-state index contributed by atoms with van der Waals surface area (Å²) in [5.74, 6) is -0.882. The Hall–Kier alpha value is -2.52. The number of nitrogens with zero attached hydrogens (tertiary/aromatic N) is 4. The molecule has 0 aromatic carbocycles. The van der Waals surface area contributed by atoms with Crippen LogP contribution in [0, 0.1) is 6.92 Å². The lowest BCUT2D eigenvalue weighted by atomic mass is 10.2. The van der Waals surface area contributed by atoms with Crippen molar-refractivity contribution in [1.82, 2.24) is 19.7 Å². The zero-order valence-electron chi connectivity index (χ0n) is 15.5. The van der Waals surface area contributed by atoms with Gasteiger partial charge in [0.25, 0.3) is 5.91 Å². The lowest BCUT2D eigenvalue weighted by Crippen LogP contribution is -2.34. The van der Waals surface area contributed by atoms with Gasteiger partial charge in [-0.1, -0.05) is 6.08 Å². The van der Waals surface area contributed by atoms with E-state index in [1.54, 1.807) is 40.1 Å². The fourth-order valence-corrected chi connectivity index (χ4v) is 4.26. The molecule has 0 aliphatic carbocycles. The number of thiophene rings is 1. The van der Waals surface area contributed by atoms with Crippen molar-refractivity contribution in [3.8, 4) is 0 Å². The van der Waals surface area contributed by atoms with Crippen molar-refractivity contribution in [2.75, 3.05) is 13.2 Å². The van der Waals surface area contributed by atoms with E-state index in [-0.39, 0.29) is 18.1 Å². The van der Waals surface area contributed by atoms with E-state index in [1.807, 2.05) is 19.1 Å². The van der Waals surface area contributed by atoms with Gasteiger partial charge in [-0.15, -0.1) is 17.9 Å². The number of ether oxygens (including phenoxy) is 1. The second-order valence-electron chi connectivity index (χ2n) is 6.15. The molecule has 0 aliphatic rings. The van der Waals surface area contributed by atoms with E-state index in [9.17, 15) is 9.59 Å². The molecule has 0 fully saturated rings. The normalized spacial score (nSPS) is 10.8. The monoisotopic (exact) mass is 462 g/mol. The maximum Gasteiger partial charge on any atom is 0.340 e. The Kier molecular flexibility index (Phi) is 6.25. The minimum absolute atomic E-state index is 0.286. The van der Waals surface area contributed by atoms with Gasteiger partial charge in [0.2, 0.25) is 0 Å². The van der Waals surface area contributed by atoms with Crippen molar-refractivity contribution in [1.29, 1.82) is 0 Å². The molecule has 0 saturated heterocycles. The molecule has 9 heteroatoms. The number of hydrogen-bond acceptors (Lipinski definition) is 6. The van der Waals surface area contributed by atoms with E-state index in [0.717, 1.165) is 19.7 Å².